The Labute approximate surface area is 113 Å². The molecule has 0 saturated carbocycles. The van der Waals surface area contributed by atoms with Crippen LogP contribution < -0.4 is 4.74 Å². The highest BCUT2D eigenvalue weighted by Crippen LogP contribution is 2.34. The fraction of sp³-hybridized carbons (Fsp3) is 0.111. The smallest absolute Gasteiger partial charge is 0.129 e. The van der Waals surface area contributed by atoms with Gasteiger partial charge in [-0.2, -0.15) is 0 Å². The molecule has 19 heavy (non-hydrogen) atoms. The van der Waals surface area contributed by atoms with E-state index in [0.717, 1.165) is 16.9 Å². The van der Waals surface area contributed by atoms with E-state index in [1.807, 2.05) is 0 Å². The highest BCUT2D eigenvalue weighted by molar-refractivity contribution is 5.88. The summed E-state index contributed by atoms with van der Waals surface area (Å²) in [7, 11) is 1.73. The number of methoxy groups -OCH3 is 1. The van der Waals surface area contributed by atoms with Crippen molar-refractivity contribution in [2.75, 3.05) is 7.11 Å². The van der Waals surface area contributed by atoms with E-state index in [1.54, 1.807) is 7.11 Å². The van der Waals surface area contributed by atoms with Gasteiger partial charge in [-0.05, 0) is 34.9 Å². The molecule has 0 aliphatic carbocycles. The molecular formula is C18H16O. The summed E-state index contributed by atoms with van der Waals surface area (Å²) in [5.41, 5.74) is 3.50. The lowest BCUT2D eigenvalue weighted by molar-refractivity contribution is 0.413. The van der Waals surface area contributed by atoms with E-state index in [9.17, 15) is 0 Å². The molecule has 0 spiro atoms. The standard InChI is InChI=1S/C18H16O/c1-13-6-5-9-17(18(13)19-2)16-11-10-14-7-3-4-8-15(14)12-16/h3-12H,1-2H3. The van der Waals surface area contributed by atoms with Gasteiger partial charge >= 0.3 is 0 Å². The first-order valence-electron chi connectivity index (χ1n) is 6.42. The molecule has 0 atom stereocenters. The Bertz CT molecular complexity index is 729. The molecule has 3 rings (SSSR count). The van der Waals surface area contributed by atoms with E-state index in [1.165, 1.54) is 16.3 Å². The predicted molar refractivity (Wildman–Crippen MR) is 80.7 cm³/mol. The molecule has 1 nitrogen and oxygen atoms in total. The molecule has 1 heteroatoms. The van der Waals surface area contributed by atoms with Crippen LogP contribution in [0.15, 0.2) is 60.7 Å². The summed E-state index contributed by atoms with van der Waals surface area (Å²) in [6.07, 6.45) is 0. The minimum Gasteiger partial charge on any atom is -0.496 e. The zero-order valence-electron chi connectivity index (χ0n) is 11.2. The average molecular weight is 248 g/mol. The zero-order chi connectivity index (χ0) is 13.2. The van der Waals surface area contributed by atoms with Crippen LogP contribution in [0.1, 0.15) is 5.56 Å². The first kappa shape index (κ1) is 11.8. The van der Waals surface area contributed by atoms with Crippen molar-refractivity contribution in [3.63, 3.8) is 0 Å². The van der Waals surface area contributed by atoms with Crippen LogP contribution in [0.5, 0.6) is 5.75 Å². The van der Waals surface area contributed by atoms with E-state index >= 15 is 0 Å². The van der Waals surface area contributed by atoms with Crippen LogP contribution in [0.25, 0.3) is 21.9 Å². The number of hydrogen-bond donors (Lipinski definition) is 0. The monoisotopic (exact) mass is 248 g/mol. The summed E-state index contributed by atoms with van der Waals surface area (Å²) >= 11 is 0. The number of fused-ring (bicyclic) bond motifs is 1. The predicted octanol–water partition coefficient (Wildman–Crippen LogP) is 4.82. The van der Waals surface area contributed by atoms with Crippen LogP contribution in [0, 0.1) is 6.92 Å². The van der Waals surface area contributed by atoms with Gasteiger partial charge in [-0.1, -0.05) is 54.6 Å². The molecule has 0 heterocycles. The van der Waals surface area contributed by atoms with Crippen LogP contribution in [0.4, 0.5) is 0 Å². The second kappa shape index (κ2) is 4.77. The molecule has 0 aromatic heterocycles. The number of para-hydroxylation sites is 1. The van der Waals surface area contributed by atoms with Gasteiger partial charge < -0.3 is 4.74 Å². The fourth-order valence-electron chi connectivity index (χ4n) is 2.51. The lowest BCUT2D eigenvalue weighted by Crippen LogP contribution is -1.91. The molecular weight excluding hydrogens is 232 g/mol. The molecule has 0 radical (unpaired) electrons. The van der Waals surface area contributed by atoms with Gasteiger partial charge in [-0.3, -0.25) is 0 Å². The maximum absolute atomic E-state index is 5.54. The Morgan fingerprint density at radius 1 is 0.789 bits per heavy atom. The normalized spacial score (nSPS) is 10.6. The highest BCUT2D eigenvalue weighted by atomic mass is 16.5. The van der Waals surface area contributed by atoms with Gasteiger partial charge in [0.05, 0.1) is 7.11 Å². The number of rotatable bonds is 2. The Hall–Kier alpha value is -2.28. The van der Waals surface area contributed by atoms with Crippen molar-refractivity contribution in [2.45, 2.75) is 6.92 Å². The van der Waals surface area contributed by atoms with Crippen LogP contribution in [0.2, 0.25) is 0 Å². The van der Waals surface area contributed by atoms with E-state index in [-0.39, 0.29) is 0 Å². The van der Waals surface area contributed by atoms with Gasteiger partial charge in [0.15, 0.2) is 0 Å². The van der Waals surface area contributed by atoms with Crippen molar-refractivity contribution < 1.29 is 4.74 Å². The quantitative estimate of drug-likeness (QED) is 0.631. The van der Waals surface area contributed by atoms with Crippen molar-refractivity contribution in [2.24, 2.45) is 0 Å². The summed E-state index contributed by atoms with van der Waals surface area (Å²) in [6.45, 7) is 2.07. The van der Waals surface area contributed by atoms with E-state index in [4.69, 9.17) is 4.74 Å². The summed E-state index contributed by atoms with van der Waals surface area (Å²) in [5, 5.41) is 2.52. The second-order valence-electron chi connectivity index (χ2n) is 4.72. The van der Waals surface area contributed by atoms with Crippen molar-refractivity contribution in [3.05, 3.63) is 66.2 Å². The molecule has 0 N–H and O–H groups in total. The lowest BCUT2D eigenvalue weighted by atomic mass is 9.99. The fourth-order valence-corrected chi connectivity index (χ4v) is 2.51. The van der Waals surface area contributed by atoms with Crippen LogP contribution in [-0.2, 0) is 0 Å². The van der Waals surface area contributed by atoms with Gasteiger partial charge in [0.1, 0.15) is 5.75 Å². The van der Waals surface area contributed by atoms with Crippen LogP contribution in [0.3, 0.4) is 0 Å². The van der Waals surface area contributed by atoms with Crippen molar-refractivity contribution in [1.29, 1.82) is 0 Å². The Balaban J connectivity index is 2.22. The minimum atomic E-state index is 0.956. The molecule has 0 aliphatic heterocycles. The van der Waals surface area contributed by atoms with Crippen molar-refractivity contribution >= 4 is 10.8 Å². The van der Waals surface area contributed by atoms with Gasteiger partial charge in [0.2, 0.25) is 0 Å². The second-order valence-corrected chi connectivity index (χ2v) is 4.72. The Morgan fingerprint density at radius 3 is 2.37 bits per heavy atom. The molecule has 94 valence electrons. The van der Waals surface area contributed by atoms with Crippen molar-refractivity contribution in [3.8, 4) is 16.9 Å². The van der Waals surface area contributed by atoms with Crippen LogP contribution >= 0.6 is 0 Å². The first-order chi connectivity index (χ1) is 9.29. The number of benzene rings is 3. The SMILES string of the molecule is COc1c(C)cccc1-c1ccc2ccccc2c1. The van der Waals surface area contributed by atoms with Crippen LogP contribution in [-0.4, -0.2) is 7.11 Å². The molecule has 3 aromatic carbocycles. The number of ether oxygens (including phenoxy) is 1. The first-order valence-corrected chi connectivity index (χ1v) is 6.42. The topological polar surface area (TPSA) is 9.23 Å². The van der Waals surface area contributed by atoms with Gasteiger partial charge in [0, 0.05) is 5.56 Å². The minimum absolute atomic E-state index is 0.956. The lowest BCUT2D eigenvalue weighted by Gasteiger charge is -2.12. The third-order valence-corrected chi connectivity index (χ3v) is 3.48. The molecule has 0 unspecified atom stereocenters. The van der Waals surface area contributed by atoms with E-state index in [2.05, 4.69) is 67.6 Å². The summed E-state index contributed by atoms with van der Waals surface area (Å²) < 4.78 is 5.54. The molecule has 0 bridgehead atoms. The molecule has 0 fully saturated rings. The largest absolute Gasteiger partial charge is 0.496 e. The summed E-state index contributed by atoms with van der Waals surface area (Å²) in [4.78, 5) is 0. The third kappa shape index (κ3) is 2.08. The van der Waals surface area contributed by atoms with E-state index < -0.39 is 0 Å². The molecule has 3 aromatic rings. The van der Waals surface area contributed by atoms with E-state index in [0.29, 0.717) is 0 Å². The Kier molecular flexibility index (Phi) is 2.96. The number of hydrogen-bond acceptors (Lipinski definition) is 1. The van der Waals surface area contributed by atoms with Gasteiger partial charge in [0.25, 0.3) is 0 Å². The van der Waals surface area contributed by atoms with Gasteiger partial charge in [-0.15, -0.1) is 0 Å². The molecule has 0 saturated heterocycles. The highest BCUT2D eigenvalue weighted by Gasteiger charge is 2.08. The molecule has 0 amide bonds. The summed E-state index contributed by atoms with van der Waals surface area (Å²) in [6, 6.07) is 21.2. The maximum Gasteiger partial charge on any atom is 0.129 e. The third-order valence-electron chi connectivity index (χ3n) is 3.48. The number of aryl methyl sites for hydroxylation is 1. The Morgan fingerprint density at radius 2 is 1.58 bits per heavy atom. The molecule has 0 aliphatic rings. The summed E-state index contributed by atoms with van der Waals surface area (Å²) in [5.74, 6) is 0.956. The zero-order valence-corrected chi connectivity index (χ0v) is 11.2. The van der Waals surface area contributed by atoms with Crippen molar-refractivity contribution in [1.82, 2.24) is 0 Å². The van der Waals surface area contributed by atoms with Gasteiger partial charge in [-0.25, -0.2) is 0 Å². The average Bonchev–Trinajstić information content (AvgIpc) is 2.46. The maximum atomic E-state index is 5.54.